The van der Waals surface area contributed by atoms with Crippen molar-refractivity contribution in [2.75, 3.05) is 9.80 Å². The molecule has 0 unspecified atom stereocenters. The van der Waals surface area contributed by atoms with Crippen LogP contribution in [0.5, 0.6) is 11.5 Å². The van der Waals surface area contributed by atoms with Crippen LogP contribution >= 0.6 is 0 Å². The summed E-state index contributed by atoms with van der Waals surface area (Å²) >= 11 is 0. The van der Waals surface area contributed by atoms with E-state index in [0.29, 0.717) is 17.2 Å². The molecule has 4 aromatic carbocycles. The molecule has 0 aliphatic rings. The third-order valence-electron chi connectivity index (χ3n) is 7.04. The van der Waals surface area contributed by atoms with E-state index >= 15 is 4.39 Å². The summed E-state index contributed by atoms with van der Waals surface area (Å²) in [5.74, 6) is -4.09. The number of rotatable bonds is 8. The van der Waals surface area contributed by atoms with E-state index in [1.165, 1.54) is 12.4 Å². The highest BCUT2D eigenvalue weighted by Crippen LogP contribution is 2.43. The van der Waals surface area contributed by atoms with Crippen LogP contribution in [0.15, 0.2) is 128 Å². The first-order valence-electron chi connectivity index (χ1n) is 14.3. The highest BCUT2D eigenvalue weighted by atomic mass is 19.2. The fourth-order valence-corrected chi connectivity index (χ4v) is 5.18. The smallest absolute Gasteiger partial charge is 0.204 e. The van der Waals surface area contributed by atoms with Gasteiger partial charge in [-0.2, -0.15) is 9.49 Å². The minimum absolute atomic E-state index is 0.195. The van der Waals surface area contributed by atoms with Gasteiger partial charge < -0.3 is 14.5 Å². The molecule has 0 atom stereocenters. The van der Waals surface area contributed by atoms with Gasteiger partial charge in [0.1, 0.15) is 17.3 Å². The van der Waals surface area contributed by atoms with Gasteiger partial charge in [-0.15, -0.1) is 0 Å². The molecule has 0 spiro atoms. The average molecular weight is 606 g/mol. The summed E-state index contributed by atoms with van der Waals surface area (Å²) in [5, 5.41) is 3.98. The van der Waals surface area contributed by atoms with Crippen molar-refractivity contribution >= 4 is 28.6 Å². The van der Waals surface area contributed by atoms with Crippen LogP contribution in [0.2, 0.25) is 0 Å². The van der Waals surface area contributed by atoms with Crippen LogP contribution in [-0.4, -0.2) is 20.3 Å². The molecule has 0 saturated heterocycles. The highest BCUT2D eigenvalue weighted by Gasteiger charge is 2.28. The van der Waals surface area contributed by atoms with Crippen molar-refractivity contribution in [2.45, 2.75) is 26.3 Å². The second-order valence-electron chi connectivity index (χ2n) is 11.3. The van der Waals surface area contributed by atoms with E-state index in [1.54, 1.807) is 24.4 Å². The van der Waals surface area contributed by atoms with E-state index in [9.17, 15) is 8.78 Å². The van der Waals surface area contributed by atoms with Gasteiger partial charge in [0.25, 0.3) is 0 Å². The van der Waals surface area contributed by atoms with Crippen LogP contribution in [0.4, 0.5) is 41.7 Å². The Morgan fingerprint density at radius 2 is 1.29 bits per heavy atom. The molecule has 9 heteroatoms. The van der Waals surface area contributed by atoms with Crippen molar-refractivity contribution in [3.05, 3.63) is 145 Å². The molecule has 226 valence electrons. The number of ether oxygens (including phenoxy) is 1. The molecule has 0 amide bonds. The fraction of sp³-hybridized carbons (Fsp3) is 0.111. The lowest BCUT2D eigenvalue weighted by atomic mass is 10.0. The van der Waals surface area contributed by atoms with Gasteiger partial charge in [0.05, 0.1) is 5.69 Å². The zero-order valence-electron chi connectivity index (χ0n) is 24.9. The first-order chi connectivity index (χ1) is 21.7. The average Bonchev–Trinajstić information content (AvgIpc) is 3.57. The summed E-state index contributed by atoms with van der Waals surface area (Å²) in [6.07, 6.45) is 4.56. The molecule has 6 nitrogen and oxygen atoms in total. The first-order valence-corrected chi connectivity index (χ1v) is 14.3. The standard InChI is InChI=1S/C36H30F3N5O/c1-36(2,3)44(32-17-10-11-18-40-32)28-21-27(43(25-13-6-4-7-14-25)26-15-8-5-9-16-26)22-29(23-28)45-31-24-30(42-20-12-19-41-42)33(37)35(39)34(31)38/h4-24H,1-3H3. The maximum Gasteiger partial charge on any atom is 0.204 e. The van der Waals surface area contributed by atoms with Gasteiger partial charge in [-0.05, 0) is 69.3 Å². The van der Waals surface area contributed by atoms with Crippen LogP contribution in [0.1, 0.15) is 20.8 Å². The second-order valence-corrected chi connectivity index (χ2v) is 11.3. The molecule has 0 N–H and O–H groups in total. The van der Waals surface area contributed by atoms with Crippen molar-refractivity contribution in [1.29, 1.82) is 0 Å². The van der Waals surface area contributed by atoms with Crippen molar-refractivity contribution in [1.82, 2.24) is 14.8 Å². The fourth-order valence-electron chi connectivity index (χ4n) is 5.18. The van der Waals surface area contributed by atoms with E-state index in [1.807, 2.05) is 116 Å². The molecule has 0 aliphatic carbocycles. The Hall–Kier alpha value is -5.57. The minimum atomic E-state index is -1.66. The molecule has 0 bridgehead atoms. The summed E-state index contributed by atoms with van der Waals surface area (Å²) in [5.41, 5.74) is 2.35. The largest absolute Gasteiger partial charge is 0.454 e. The van der Waals surface area contributed by atoms with Crippen molar-refractivity contribution in [2.24, 2.45) is 0 Å². The van der Waals surface area contributed by atoms with E-state index < -0.39 is 28.7 Å². The summed E-state index contributed by atoms with van der Waals surface area (Å²) in [6, 6.07) is 33.3. The molecule has 0 radical (unpaired) electrons. The lowest BCUT2D eigenvalue weighted by Crippen LogP contribution is -2.38. The van der Waals surface area contributed by atoms with Crippen molar-refractivity contribution in [3.63, 3.8) is 0 Å². The van der Waals surface area contributed by atoms with Crippen LogP contribution in [-0.2, 0) is 0 Å². The molecular weight excluding hydrogens is 575 g/mol. The van der Waals surface area contributed by atoms with Gasteiger partial charge in [0, 0.05) is 59.4 Å². The van der Waals surface area contributed by atoms with Gasteiger partial charge in [-0.1, -0.05) is 42.5 Å². The van der Waals surface area contributed by atoms with E-state index in [2.05, 4.69) is 10.1 Å². The second kappa shape index (κ2) is 12.2. The number of benzene rings is 4. The van der Waals surface area contributed by atoms with Crippen LogP contribution < -0.4 is 14.5 Å². The molecule has 6 aromatic rings. The number of para-hydroxylation sites is 2. The van der Waals surface area contributed by atoms with E-state index in [0.717, 1.165) is 22.1 Å². The predicted molar refractivity (Wildman–Crippen MR) is 171 cm³/mol. The van der Waals surface area contributed by atoms with Gasteiger partial charge in [0.15, 0.2) is 11.6 Å². The Labute approximate surface area is 259 Å². The van der Waals surface area contributed by atoms with E-state index in [4.69, 9.17) is 4.74 Å². The summed E-state index contributed by atoms with van der Waals surface area (Å²) in [4.78, 5) is 8.68. The first kappa shape index (κ1) is 29.5. The zero-order chi connectivity index (χ0) is 31.6. The topological polar surface area (TPSA) is 46.4 Å². The Morgan fingerprint density at radius 1 is 0.644 bits per heavy atom. The number of pyridine rings is 1. The van der Waals surface area contributed by atoms with Gasteiger partial charge in [-0.3, -0.25) is 0 Å². The van der Waals surface area contributed by atoms with Crippen LogP contribution in [0.25, 0.3) is 5.69 Å². The summed E-state index contributed by atoms with van der Waals surface area (Å²) < 4.78 is 52.2. The SMILES string of the molecule is CC(C)(C)N(c1cc(Oc2cc(-n3cccn3)c(F)c(F)c2F)cc(N(c2ccccc2)c2ccccc2)c1)c1ccccn1. The molecule has 0 fully saturated rings. The normalized spacial score (nSPS) is 11.3. The molecule has 2 heterocycles. The zero-order valence-corrected chi connectivity index (χ0v) is 24.9. The summed E-state index contributed by atoms with van der Waals surface area (Å²) in [6.45, 7) is 6.14. The number of halogens is 3. The molecule has 0 saturated carbocycles. The third kappa shape index (κ3) is 6.10. The Kier molecular flexibility index (Phi) is 8.00. The number of aromatic nitrogens is 3. The summed E-state index contributed by atoms with van der Waals surface area (Å²) in [7, 11) is 0. The lowest BCUT2D eigenvalue weighted by molar-refractivity contribution is 0.392. The highest BCUT2D eigenvalue weighted by molar-refractivity contribution is 5.81. The predicted octanol–water partition coefficient (Wildman–Crippen LogP) is 9.88. The number of hydrogen-bond acceptors (Lipinski definition) is 5. The number of nitrogens with zero attached hydrogens (tertiary/aromatic N) is 5. The molecular formula is C36H30F3N5O. The Morgan fingerprint density at radius 3 is 1.87 bits per heavy atom. The van der Waals surface area contributed by atoms with Crippen LogP contribution in [0.3, 0.4) is 0 Å². The van der Waals surface area contributed by atoms with Gasteiger partial charge >= 0.3 is 0 Å². The minimum Gasteiger partial charge on any atom is -0.454 e. The molecule has 6 rings (SSSR count). The Balaban J connectivity index is 1.57. The maximum atomic E-state index is 15.3. The van der Waals surface area contributed by atoms with Crippen molar-refractivity contribution in [3.8, 4) is 17.2 Å². The number of anilines is 5. The van der Waals surface area contributed by atoms with E-state index in [-0.39, 0.29) is 11.4 Å². The Bertz CT molecular complexity index is 1860. The monoisotopic (exact) mass is 605 g/mol. The number of hydrogen-bond donors (Lipinski definition) is 0. The molecule has 45 heavy (non-hydrogen) atoms. The maximum absolute atomic E-state index is 15.3. The van der Waals surface area contributed by atoms with Gasteiger partial charge in [-0.25, -0.2) is 18.4 Å². The third-order valence-corrected chi connectivity index (χ3v) is 7.04. The quantitative estimate of drug-likeness (QED) is 0.162. The molecule has 2 aromatic heterocycles. The van der Waals surface area contributed by atoms with Crippen LogP contribution in [0, 0.1) is 17.5 Å². The molecule has 0 aliphatic heterocycles. The lowest BCUT2D eigenvalue weighted by Gasteiger charge is -2.37. The van der Waals surface area contributed by atoms with Gasteiger partial charge in [0.2, 0.25) is 11.6 Å². The van der Waals surface area contributed by atoms with Crippen molar-refractivity contribution < 1.29 is 17.9 Å².